The molecule has 1 aliphatic rings. The third kappa shape index (κ3) is 4.33. The summed E-state index contributed by atoms with van der Waals surface area (Å²) in [7, 11) is 2.17. The van der Waals surface area contributed by atoms with E-state index in [9.17, 15) is 5.11 Å². The summed E-state index contributed by atoms with van der Waals surface area (Å²) in [5.74, 6) is 0. The van der Waals surface area contributed by atoms with E-state index in [1.165, 1.54) is 44.1 Å². The van der Waals surface area contributed by atoms with Crippen LogP contribution < -0.4 is 0 Å². The maximum atomic E-state index is 11.4. The first-order valence-electron chi connectivity index (χ1n) is 12.9. The van der Waals surface area contributed by atoms with Crippen LogP contribution in [0.2, 0.25) is 0 Å². The van der Waals surface area contributed by atoms with Gasteiger partial charge in [-0.1, -0.05) is 97.1 Å². The van der Waals surface area contributed by atoms with E-state index in [-0.39, 0.29) is 0 Å². The normalized spacial score (nSPS) is 16.1. The van der Waals surface area contributed by atoms with E-state index in [0.29, 0.717) is 13.1 Å². The highest BCUT2D eigenvalue weighted by atomic mass is 16.3. The molecular formula is C32H33N3O. The van der Waals surface area contributed by atoms with Crippen LogP contribution >= 0.6 is 0 Å². The molecule has 1 N–H and O–H groups in total. The molecule has 0 aliphatic carbocycles. The van der Waals surface area contributed by atoms with Gasteiger partial charge in [0.25, 0.3) is 0 Å². The molecule has 6 rings (SSSR count). The fourth-order valence-corrected chi connectivity index (χ4v) is 5.69. The Morgan fingerprint density at radius 1 is 0.667 bits per heavy atom. The minimum absolute atomic E-state index is 0.464. The van der Waals surface area contributed by atoms with Gasteiger partial charge in [0.1, 0.15) is 0 Å². The molecule has 1 atom stereocenters. The number of aliphatic hydroxyl groups is 1. The highest BCUT2D eigenvalue weighted by Crippen LogP contribution is 2.43. The van der Waals surface area contributed by atoms with Crippen molar-refractivity contribution in [2.45, 2.75) is 12.6 Å². The van der Waals surface area contributed by atoms with E-state index in [4.69, 9.17) is 0 Å². The SMILES string of the molecule is CN1CCN(CC(O)Cn2c(-c3ccccc3)c(-c3ccccc3)c3ccc4ccccc4c32)CC1. The van der Waals surface area contributed by atoms with Gasteiger partial charge >= 0.3 is 0 Å². The molecule has 4 nitrogen and oxygen atoms in total. The predicted octanol–water partition coefficient (Wildman–Crippen LogP) is 5.74. The molecule has 0 spiro atoms. The number of β-amino-alcohol motifs (C(OH)–C–C–N with tert-alkyl or cyclic N) is 1. The Morgan fingerprint density at radius 2 is 1.31 bits per heavy atom. The average molecular weight is 476 g/mol. The molecule has 4 heteroatoms. The lowest BCUT2D eigenvalue weighted by Crippen LogP contribution is -2.47. The van der Waals surface area contributed by atoms with E-state index in [1.54, 1.807) is 0 Å². The molecule has 4 aromatic carbocycles. The molecule has 1 saturated heterocycles. The van der Waals surface area contributed by atoms with Crippen molar-refractivity contribution >= 4 is 21.7 Å². The number of likely N-dealkylation sites (N-methyl/N-ethyl adjacent to an activating group) is 1. The Bertz CT molecular complexity index is 1470. The van der Waals surface area contributed by atoms with Gasteiger partial charge in [0.15, 0.2) is 0 Å². The Labute approximate surface area is 213 Å². The molecule has 0 saturated carbocycles. The fraction of sp³-hybridized carbons (Fsp3) is 0.250. The molecule has 1 fully saturated rings. The van der Waals surface area contributed by atoms with Gasteiger partial charge in [-0.15, -0.1) is 0 Å². The molecule has 1 aliphatic heterocycles. The molecule has 0 bridgehead atoms. The first-order valence-corrected chi connectivity index (χ1v) is 12.9. The van der Waals surface area contributed by atoms with Crippen molar-refractivity contribution in [2.24, 2.45) is 0 Å². The molecule has 0 amide bonds. The van der Waals surface area contributed by atoms with Gasteiger partial charge in [-0.3, -0.25) is 4.90 Å². The van der Waals surface area contributed by atoms with Crippen molar-refractivity contribution in [2.75, 3.05) is 39.8 Å². The summed E-state index contributed by atoms with van der Waals surface area (Å²) < 4.78 is 2.38. The largest absolute Gasteiger partial charge is 0.390 e. The highest BCUT2D eigenvalue weighted by Gasteiger charge is 2.24. The molecule has 5 aromatic rings. The number of fused-ring (bicyclic) bond motifs is 3. The third-order valence-corrected chi connectivity index (χ3v) is 7.51. The monoisotopic (exact) mass is 475 g/mol. The van der Waals surface area contributed by atoms with Crippen molar-refractivity contribution in [3.05, 3.63) is 97.1 Å². The first-order chi connectivity index (χ1) is 17.7. The van der Waals surface area contributed by atoms with Crippen molar-refractivity contribution in [1.29, 1.82) is 0 Å². The zero-order chi connectivity index (χ0) is 24.5. The predicted molar refractivity (Wildman–Crippen MR) is 150 cm³/mol. The Balaban J connectivity index is 1.56. The van der Waals surface area contributed by atoms with Crippen molar-refractivity contribution < 1.29 is 5.11 Å². The molecule has 2 heterocycles. The van der Waals surface area contributed by atoms with Gasteiger partial charge in [-0.2, -0.15) is 0 Å². The topological polar surface area (TPSA) is 31.6 Å². The van der Waals surface area contributed by atoms with Crippen LogP contribution in [0.4, 0.5) is 0 Å². The van der Waals surface area contributed by atoms with Crippen LogP contribution in [-0.4, -0.2) is 65.3 Å². The Hall–Kier alpha value is -3.44. The van der Waals surface area contributed by atoms with Gasteiger partial charge in [-0.05, 0) is 23.6 Å². The minimum Gasteiger partial charge on any atom is -0.390 e. The van der Waals surface area contributed by atoms with Gasteiger partial charge in [0.2, 0.25) is 0 Å². The second-order valence-corrected chi connectivity index (χ2v) is 10.0. The average Bonchev–Trinajstić information content (AvgIpc) is 3.25. The number of nitrogens with zero attached hydrogens (tertiary/aromatic N) is 3. The van der Waals surface area contributed by atoms with Crippen LogP contribution in [0.25, 0.3) is 44.1 Å². The van der Waals surface area contributed by atoms with Crippen LogP contribution in [0.1, 0.15) is 0 Å². The standard InChI is InChI=1S/C32H33N3O/c1-33-18-20-34(21-19-33)22-27(36)23-35-31(26-13-6-3-7-14-26)30(25-11-4-2-5-12-25)29-17-16-24-10-8-9-15-28(24)32(29)35/h2-17,27,36H,18-23H2,1H3. The van der Waals surface area contributed by atoms with Gasteiger partial charge in [0, 0.05) is 49.1 Å². The maximum Gasteiger partial charge on any atom is 0.0845 e. The van der Waals surface area contributed by atoms with Gasteiger partial charge in [-0.25, -0.2) is 0 Å². The van der Waals surface area contributed by atoms with E-state index in [1.807, 2.05) is 0 Å². The summed E-state index contributed by atoms with van der Waals surface area (Å²) in [5.41, 5.74) is 5.97. The molecule has 36 heavy (non-hydrogen) atoms. The molecule has 182 valence electrons. The number of aliphatic hydroxyl groups excluding tert-OH is 1. The van der Waals surface area contributed by atoms with Crippen LogP contribution in [-0.2, 0) is 6.54 Å². The van der Waals surface area contributed by atoms with E-state index < -0.39 is 6.10 Å². The Morgan fingerprint density at radius 3 is 2.03 bits per heavy atom. The summed E-state index contributed by atoms with van der Waals surface area (Å²) in [5, 5.41) is 15.1. The van der Waals surface area contributed by atoms with Crippen LogP contribution in [0.15, 0.2) is 97.1 Å². The maximum absolute atomic E-state index is 11.4. The molecule has 1 aromatic heterocycles. The van der Waals surface area contributed by atoms with Gasteiger partial charge in [0.05, 0.1) is 23.9 Å². The molecule has 0 radical (unpaired) electrons. The summed E-state index contributed by atoms with van der Waals surface area (Å²) in [6.45, 7) is 5.35. The fourth-order valence-electron chi connectivity index (χ4n) is 5.69. The highest BCUT2D eigenvalue weighted by molar-refractivity contribution is 6.15. The number of rotatable bonds is 6. The molecule has 1 unspecified atom stereocenters. The smallest absolute Gasteiger partial charge is 0.0845 e. The van der Waals surface area contributed by atoms with Crippen LogP contribution in [0, 0.1) is 0 Å². The minimum atomic E-state index is -0.464. The Kier molecular flexibility index (Phi) is 6.32. The zero-order valence-electron chi connectivity index (χ0n) is 20.8. The summed E-state index contributed by atoms with van der Waals surface area (Å²) in [6.07, 6.45) is -0.464. The third-order valence-electron chi connectivity index (χ3n) is 7.51. The number of hydrogen-bond donors (Lipinski definition) is 1. The van der Waals surface area contributed by atoms with Crippen molar-refractivity contribution in [3.63, 3.8) is 0 Å². The summed E-state index contributed by atoms with van der Waals surface area (Å²) in [4.78, 5) is 4.75. The van der Waals surface area contributed by atoms with Crippen LogP contribution in [0.5, 0.6) is 0 Å². The number of piperazine rings is 1. The second kappa shape index (κ2) is 9.90. The van der Waals surface area contributed by atoms with Crippen LogP contribution in [0.3, 0.4) is 0 Å². The summed E-state index contributed by atoms with van der Waals surface area (Å²) in [6, 6.07) is 34.4. The second-order valence-electron chi connectivity index (χ2n) is 10.0. The van der Waals surface area contributed by atoms with E-state index in [2.05, 4.69) is 118 Å². The lowest BCUT2D eigenvalue weighted by molar-refractivity contribution is 0.0720. The van der Waals surface area contributed by atoms with Crippen molar-refractivity contribution in [1.82, 2.24) is 14.4 Å². The quantitative estimate of drug-likeness (QED) is 0.340. The van der Waals surface area contributed by atoms with E-state index in [0.717, 1.165) is 26.2 Å². The van der Waals surface area contributed by atoms with Gasteiger partial charge < -0.3 is 14.6 Å². The lowest BCUT2D eigenvalue weighted by atomic mass is 9.97. The zero-order valence-corrected chi connectivity index (χ0v) is 20.8. The number of hydrogen-bond acceptors (Lipinski definition) is 3. The number of aromatic nitrogens is 1. The number of benzene rings is 4. The van der Waals surface area contributed by atoms with Crippen molar-refractivity contribution in [3.8, 4) is 22.4 Å². The molecular weight excluding hydrogens is 442 g/mol. The summed E-state index contributed by atoms with van der Waals surface area (Å²) >= 11 is 0. The lowest BCUT2D eigenvalue weighted by Gasteiger charge is -2.33. The first kappa shape index (κ1) is 23.0. The van der Waals surface area contributed by atoms with E-state index >= 15 is 0 Å².